The molecule has 0 bridgehead atoms. The molecule has 5 nitrogen and oxygen atoms in total. The van der Waals surface area contributed by atoms with Crippen molar-refractivity contribution in [1.82, 2.24) is 9.21 Å². The van der Waals surface area contributed by atoms with Gasteiger partial charge in [-0.3, -0.25) is 4.79 Å². The molecule has 2 aliphatic heterocycles. The van der Waals surface area contributed by atoms with Gasteiger partial charge in [0.25, 0.3) is 5.91 Å². The number of hydrogen-bond acceptors (Lipinski definition) is 3. The highest BCUT2D eigenvalue weighted by Crippen LogP contribution is 2.27. The number of carbonyl (C=O) groups is 1. The van der Waals surface area contributed by atoms with Crippen molar-refractivity contribution >= 4 is 15.9 Å². The van der Waals surface area contributed by atoms with E-state index in [2.05, 4.69) is 6.92 Å². The van der Waals surface area contributed by atoms with Gasteiger partial charge in [-0.2, -0.15) is 4.31 Å². The molecule has 0 aromatic heterocycles. The largest absolute Gasteiger partial charge is 0.338 e. The van der Waals surface area contributed by atoms with Crippen LogP contribution < -0.4 is 0 Å². The molecule has 0 N–H and O–H groups in total. The third-order valence-corrected chi connectivity index (χ3v) is 7.74. The van der Waals surface area contributed by atoms with E-state index in [4.69, 9.17) is 0 Å². The van der Waals surface area contributed by atoms with Crippen molar-refractivity contribution in [2.45, 2.75) is 63.8 Å². The summed E-state index contributed by atoms with van der Waals surface area (Å²) >= 11 is 0. The molecule has 2 atom stereocenters. The van der Waals surface area contributed by atoms with Gasteiger partial charge in [0.15, 0.2) is 0 Å². The Bertz CT molecular complexity index is 775. The number of aryl methyl sites for hydroxylation is 1. The fraction of sp³-hybridized carbons (Fsp3) is 0.650. The van der Waals surface area contributed by atoms with Crippen molar-refractivity contribution in [3.8, 4) is 0 Å². The van der Waals surface area contributed by atoms with Gasteiger partial charge in [-0.1, -0.05) is 19.4 Å². The van der Waals surface area contributed by atoms with Crippen molar-refractivity contribution in [3.63, 3.8) is 0 Å². The Kier molecular flexibility index (Phi) is 5.72. The molecule has 26 heavy (non-hydrogen) atoms. The lowest BCUT2D eigenvalue weighted by Gasteiger charge is -2.33. The van der Waals surface area contributed by atoms with Gasteiger partial charge in [0.2, 0.25) is 10.0 Å². The summed E-state index contributed by atoms with van der Waals surface area (Å²) in [4.78, 5) is 15.1. The van der Waals surface area contributed by atoms with E-state index in [1.807, 2.05) is 18.7 Å². The molecule has 2 heterocycles. The van der Waals surface area contributed by atoms with Gasteiger partial charge < -0.3 is 4.90 Å². The van der Waals surface area contributed by atoms with Crippen LogP contribution in [0.1, 0.15) is 61.9 Å². The van der Waals surface area contributed by atoms with Crippen LogP contribution in [0.15, 0.2) is 23.1 Å². The topological polar surface area (TPSA) is 57.7 Å². The SMILES string of the molecule is Cc1ccc(S(=O)(=O)N2CCCCC2C)cc1C(=O)N1CCCC(C)C1. The Balaban J connectivity index is 1.91. The van der Waals surface area contributed by atoms with E-state index in [0.29, 0.717) is 18.0 Å². The van der Waals surface area contributed by atoms with E-state index in [1.165, 1.54) is 0 Å². The summed E-state index contributed by atoms with van der Waals surface area (Å²) in [6.45, 7) is 8.06. The number of likely N-dealkylation sites (tertiary alicyclic amines) is 1. The van der Waals surface area contributed by atoms with E-state index in [-0.39, 0.29) is 16.8 Å². The minimum Gasteiger partial charge on any atom is -0.338 e. The Morgan fingerprint density at radius 1 is 1.08 bits per heavy atom. The van der Waals surface area contributed by atoms with Crippen molar-refractivity contribution in [2.75, 3.05) is 19.6 Å². The molecule has 0 spiro atoms. The highest BCUT2D eigenvalue weighted by atomic mass is 32.2. The van der Waals surface area contributed by atoms with Crippen molar-refractivity contribution in [1.29, 1.82) is 0 Å². The van der Waals surface area contributed by atoms with Crippen LogP contribution in [-0.4, -0.2) is 49.2 Å². The lowest BCUT2D eigenvalue weighted by Crippen LogP contribution is -2.42. The van der Waals surface area contributed by atoms with Crippen LogP contribution in [0.5, 0.6) is 0 Å². The van der Waals surface area contributed by atoms with Crippen LogP contribution in [-0.2, 0) is 10.0 Å². The van der Waals surface area contributed by atoms with Crippen LogP contribution in [0.4, 0.5) is 0 Å². The first kappa shape index (κ1) is 19.4. The molecule has 3 rings (SSSR count). The van der Waals surface area contributed by atoms with E-state index in [9.17, 15) is 13.2 Å². The van der Waals surface area contributed by atoms with Gasteiger partial charge in [0.05, 0.1) is 4.90 Å². The van der Waals surface area contributed by atoms with Crippen LogP contribution in [0.25, 0.3) is 0 Å². The van der Waals surface area contributed by atoms with E-state index in [0.717, 1.165) is 50.8 Å². The van der Waals surface area contributed by atoms with Crippen LogP contribution in [0, 0.1) is 12.8 Å². The third-order valence-electron chi connectivity index (χ3n) is 5.73. The maximum atomic E-state index is 13.1. The number of benzene rings is 1. The average Bonchev–Trinajstić information content (AvgIpc) is 2.61. The number of hydrogen-bond donors (Lipinski definition) is 0. The van der Waals surface area contributed by atoms with Gasteiger partial charge in [-0.15, -0.1) is 0 Å². The number of rotatable bonds is 3. The summed E-state index contributed by atoms with van der Waals surface area (Å²) in [5, 5.41) is 0. The molecular weight excluding hydrogens is 348 g/mol. The smallest absolute Gasteiger partial charge is 0.254 e. The van der Waals surface area contributed by atoms with Crippen LogP contribution in [0.3, 0.4) is 0 Å². The average molecular weight is 379 g/mol. The van der Waals surface area contributed by atoms with Crippen molar-refractivity contribution < 1.29 is 13.2 Å². The highest BCUT2D eigenvalue weighted by Gasteiger charge is 2.32. The molecule has 1 aromatic rings. The second kappa shape index (κ2) is 7.69. The predicted molar refractivity (Wildman–Crippen MR) is 103 cm³/mol. The van der Waals surface area contributed by atoms with E-state index >= 15 is 0 Å². The quantitative estimate of drug-likeness (QED) is 0.810. The van der Waals surface area contributed by atoms with Crippen LogP contribution in [0.2, 0.25) is 0 Å². The fourth-order valence-electron chi connectivity index (χ4n) is 4.10. The molecule has 2 saturated heterocycles. The van der Waals surface area contributed by atoms with E-state index < -0.39 is 10.0 Å². The van der Waals surface area contributed by atoms with Crippen LogP contribution >= 0.6 is 0 Å². The zero-order valence-corrected chi connectivity index (χ0v) is 16.9. The summed E-state index contributed by atoms with van der Waals surface area (Å²) in [5.41, 5.74) is 1.35. The first-order chi connectivity index (χ1) is 12.3. The summed E-state index contributed by atoms with van der Waals surface area (Å²) < 4.78 is 27.8. The molecule has 0 saturated carbocycles. The molecule has 6 heteroatoms. The minimum absolute atomic E-state index is 0.0112. The number of piperidine rings is 2. The Labute approximate surface area is 157 Å². The minimum atomic E-state index is -3.56. The normalized spacial score (nSPS) is 25.3. The molecule has 1 amide bonds. The molecular formula is C20H30N2O3S. The molecule has 2 fully saturated rings. The van der Waals surface area contributed by atoms with Gasteiger partial charge in [-0.25, -0.2) is 8.42 Å². The molecule has 2 unspecified atom stereocenters. The molecule has 0 radical (unpaired) electrons. The summed E-state index contributed by atoms with van der Waals surface area (Å²) in [6.07, 6.45) is 5.01. The maximum Gasteiger partial charge on any atom is 0.254 e. The predicted octanol–water partition coefficient (Wildman–Crippen LogP) is 3.43. The summed E-state index contributed by atoms with van der Waals surface area (Å²) in [7, 11) is -3.56. The monoisotopic (exact) mass is 378 g/mol. The Morgan fingerprint density at radius 2 is 1.85 bits per heavy atom. The molecule has 2 aliphatic rings. The van der Waals surface area contributed by atoms with E-state index in [1.54, 1.807) is 22.5 Å². The highest BCUT2D eigenvalue weighted by molar-refractivity contribution is 7.89. The molecule has 0 aliphatic carbocycles. The first-order valence-corrected chi connectivity index (χ1v) is 11.2. The second-order valence-electron chi connectivity index (χ2n) is 7.94. The number of nitrogens with zero attached hydrogens (tertiary/aromatic N) is 2. The third kappa shape index (κ3) is 3.81. The van der Waals surface area contributed by atoms with Gasteiger partial charge in [0.1, 0.15) is 0 Å². The Hall–Kier alpha value is -1.40. The van der Waals surface area contributed by atoms with Crippen molar-refractivity contribution in [2.24, 2.45) is 5.92 Å². The number of carbonyl (C=O) groups excluding carboxylic acids is 1. The number of amides is 1. The maximum absolute atomic E-state index is 13.1. The standard InChI is InChI=1S/C20H30N2O3S/c1-15-7-6-11-21(14-15)20(23)19-13-18(10-9-16(19)2)26(24,25)22-12-5-4-8-17(22)3/h9-10,13,15,17H,4-8,11-12,14H2,1-3H3. The first-order valence-electron chi connectivity index (χ1n) is 9.72. The van der Waals surface area contributed by atoms with Gasteiger partial charge >= 0.3 is 0 Å². The second-order valence-corrected chi connectivity index (χ2v) is 9.83. The zero-order chi connectivity index (χ0) is 18.9. The lowest BCUT2D eigenvalue weighted by molar-refractivity contribution is 0.0682. The molecule has 144 valence electrons. The van der Waals surface area contributed by atoms with Gasteiger partial charge in [-0.05, 0) is 63.1 Å². The van der Waals surface area contributed by atoms with Crippen molar-refractivity contribution in [3.05, 3.63) is 29.3 Å². The Morgan fingerprint density at radius 3 is 2.54 bits per heavy atom. The summed E-state index contributed by atoms with van der Waals surface area (Å²) in [6, 6.07) is 5.01. The summed E-state index contributed by atoms with van der Waals surface area (Å²) in [5.74, 6) is 0.451. The zero-order valence-electron chi connectivity index (χ0n) is 16.1. The van der Waals surface area contributed by atoms with Gasteiger partial charge in [0, 0.05) is 31.2 Å². The lowest BCUT2D eigenvalue weighted by atomic mass is 9.99. The fourth-order valence-corrected chi connectivity index (χ4v) is 5.83. The molecule has 1 aromatic carbocycles. The number of sulfonamides is 1.